The van der Waals surface area contributed by atoms with Gasteiger partial charge in [-0.15, -0.1) is 11.3 Å². The predicted octanol–water partition coefficient (Wildman–Crippen LogP) is 10.8. The Labute approximate surface area is 256 Å². The molecule has 0 unspecified atom stereocenters. The lowest BCUT2D eigenvalue weighted by Gasteiger charge is -2.09. The van der Waals surface area contributed by atoms with E-state index in [1.54, 1.807) is 11.3 Å². The van der Waals surface area contributed by atoms with Crippen molar-refractivity contribution in [2.24, 2.45) is 0 Å². The third-order valence-electron chi connectivity index (χ3n) is 8.15. The van der Waals surface area contributed by atoms with Gasteiger partial charge in [-0.1, -0.05) is 103 Å². The first-order chi connectivity index (χ1) is 21.8. The molecule has 9 rings (SSSR count). The van der Waals surface area contributed by atoms with Gasteiger partial charge >= 0.3 is 0 Å². The van der Waals surface area contributed by atoms with Crippen LogP contribution < -0.4 is 0 Å². The van der Waals surface area contributed by atoms with E-state index in [1.165, 1.54) is 20.2 Å². The number of aromatic nitrogens is 3. The molecular weight excluding hydrogens is 559 g/mol. The second kappa shape index (κ2) is 9.97. The fourth-order valence-corrected chi connectivity index (χ4v) is 7.30. The molecule has 44 heavy (non-hydrogen) atoms. The number of thiophene rings is 1. The second-order valence-electron chi connectivity index (χ2n) is 10.8. The Balaban J connectivity index is 1.29. The number of furan rings is 1. The molecule has 5 heteroatoms. The molecule has 0 bridgehead atoms. The van der Waals surface area contributed by atoms with Gasteiger partial charge in [-0.25, -0.2) is 15.0 Å². The molecule has 206 valence electrons. The van der Waals surface area contributed by atoms with E-state index in [0.717, 1.165) is 49.8 Å². The molecule has 0 spiro atoms. The summed E-state index contributed by atoms with van der Waals surface area (Å²) >= 11 is 1.78. The summed E-state index contributed by atoms with van der Waals surface area (Å²) in [6.45, 7) is 0. The first-order valence-corrected chi connectivity index (χ1v) is 15.3. The van der Waals surface area contributed by atoms with Crippen LogP contribution in [0, 0.1) is 0 Å². The van der Waals surface area contributed by atoms with Crippen LogP contribution in [0.2, 0.25) is 0 Å². The smallest absolute Gasteiger partial charge is 0.165 e. The van der Waals surface area contributed by atoms with E-state index in [1.807, 2.05) is 60.7 Å². The maximum Gasteiger partial charge on any atom is 0.165 e. The largest absolute Gasteiger partial charge is 0.456 e. The van der Waals surface area contributed by atoms with Gasteiger partial charge in [0.2, 0.25) is 0 Å². The number of benzene rings is 6. The number of fused-ring (bicyclic) bond motifs is 6. The van der Waals surface area contributed by atoms with Crippen molar-refractivity contribution in [3.63, 3.8) is 0 Å². The van der Waals surface area contributed by atoms with Crippen LogP contribution in [0.4, 0.5) is 0 Å². The summed E-state index contributed by atoms with van der Waals surface area (Å²) in [5.41, 5.74) is 6.84. The lowest BCUT2D eigenvalue weighted by molar-refractivity contribution is 0.669. The molecule has 0 radical (unpaired) electrons. The van der Waals surface area contributed by atoms with Gasteiger partial charge in [0.1, 0.15) is 11.2 Å². The SMILES string of the molecule is c1ccc(-c2nc(-c3ccc4oc5cccc(-c6ccccc6)c5c4c3)nc(-c3cccc4c3sc3ccccc34)n2)cc1. The van der Waals surface area contributed by atoms with Gasteiger partial charge in [0.15, 0.2) is 17.5 Å². The molecular formula is C39H23N3OS. The highest BCUT2D eigenvalue weighted by atomic mass is 32.1. The van der Waals surface area contributed by atoms with Gasteiger partial charge in [-0.05, 0) is 47.5 Å². The third-order valence-corrected chi connectivity index (χ3v) is 9.37. The molecule has 0 N–H and O–H groups in total. The summed E-state index contributed by atoms with van der Waals surface area (Å²) < 4.78 is 8.74. The van der Waals surface area contributed by atoms with E-state index in [-0.39, 0.29) is 0 Å². The minimum atomic E-state index is 0.625. The van der Waals surface area contributed by atoms with Crippen LogP contribution in [0.3, 0.4) is 0 Å². The molecule has 0 aliphatic rings. The van der Waals surface area contributed by atoms with Crippen molar-refractivity contribution in [1.82, 2.24) is 15.0 Å². The first kappa shape index (κ1) is 24.9. The zero-order valence-corrected chi connectivity index (χ0v) is 24.3. The van der Waals surface area contributed by atoms with Gasteiger partial charge in [0.25, 0.3) is 0 Å². The first-order valence-electron chi connectivity index (χ1n) is 14.5. The Morgan fingerprint density at radius 1 is 0.432 bits per heavy atom. The van der Waals surface area contributed by atoms with Crippen LogP contribution in [0.15, 0.2) is 144 Å². The average Bonchev–Trinajstić information content (AvgIpc) is 3.67. The molecule has 9 aromatic rings. The monoisotopic (exact) mass is 581 g/mol. The van der Waals surface area contributed by atoms with E-state index in [9.17, 15) is 0 Å². The molecule has 3 aromatic heterocycles. The lowest BCUT2D eigenvalue weighted by atomic mass is 9.99. The number of rotatable bonds is 4. The maximum atomic E-state index is 6.32. The minimum absolute atomic E-state index is 0.625. The van der Waals surface area contributed by atoms with Crippen molar-refractivity contribution >= 4 is 53.4 Å². The molecule has 0 saturated heterocycles. The Bertz CT molecular complexity index is 2500. The van der Waals surface area contributed by atoms with Crippen molar-refractivity contribution < 1.29 is 4.42 Å². The third kappa shape index (κ3) is 4.02. The van der Waals surface area contributed by atoms with E-state index < -0.39 is 0 Å². The van der Waals surface area contributed by atoms with Crippen molar-refractivity contribution in [3.8, 4) is 45.3 Å². The van der Waals surface area contributed by atoms with Crippen molar-refractivity contribution in [1.29, 1.82) is 0 Å². The van der Waals surface area contributed by atoms with Crippen molar-refractivity contribution in [2.75, 3.05) is 0 Å². The zero-order chi connectivity index (χ0) is 29.0. The number of nitrogens with zero attached hydrogens (tertiary/aromatic N) is 3. The molecule has 6 aromatic carbocycles. The summed E-state index contributed by atoms with van der Waals surface area (Å²) in [6, 6.07) is 47.9. The highest BCUT2D eigenvalue weighted by Crippen LogP contribution is 2.41. The molecule has 0 fully saturated rings. The van der Waals surface area contributed by atoms with E-state index in [0.29, 0.717) is 17.5 Å². The van der Waals surface area contributed by atoms with Crippen molar-refractivity contribution in [2.45, 2.75) is 0 Å². The molecule has 0 aliphatic heterocycles. The molecule has 0 amide bonds. The molecule has 0 aliphatic carbocycles. The average molecular weight is 582 g/mol. The van der Waals surface area contributed by atoms with Crippen LogP contribution in [-0.4, -0.2) is 15.0 Å². The van der Waals surface area contributed by atoms with Crippen LogP contribution in [0.5, 0.6) is 0 Å². The van der Waals surface area contributed by atoms with E-state index in [2.05, 4.69) is 78.9 Å². The molecule has 3 heterocycles. The Hall–Kier alpha value is -5.65. The summed E-state index contributed by atoms with van der Waals surface area (Å²) in [6.07, 6.45) is 0. The zero-order valence-electron chi connectivity index (χ0n) is 23.4. The predicted molar refractivity (Wildman–Crippen MR) is 182 cm³/mol. The van der Waals surface area contributed by atoms with Crippen molar-refractivity contribution in [3.05, 3.63) is 140 Å². The summed E-state index contributed by atoms with van der Waals surface area (Å²) in [5, 5.41) is 4.58. The van der Waals surface area contributed by atoms with E-state index >= 15 is 0 Å². The summed E-state index contributed by atoms with van der Waals surface area (Å²) in [7, 11) is 0. The Morgan fingerprint density at radius 2 is 1.09 bits per heavy atom. The summed E-state index contributed by atoms with van der Waals surface area (Å²) in [4.78, 5) is 15.2. The van der Waals surface area contributed by atoms with E-state index in [4.69, 9.17) is 19.4 Å². The topological polar surface area (TPSA) is 51.8 Å². The Kier molecular flexibility index (Phi) is 5.64. The highest BCUT2D eigenvalue weighted by molar-refractivity contribution is 7.26. The van der Waals surface area contributed by atoms with Gasteiger partial charge in [-0.3, -0.25) is 0 Å². The van der Waals surface area contributed by atoms with Crippen LogP contribution >= 0.6 is 11.3 Å². The van der Waals surface area contributed by atoms with Gasteiger partial charge in [0.05, 0.1) is 0 Å². The molecule has 0 saturated carbocycles. The quantitative estimate of drug-likeness (QED) is 0.207. The molecule has 0 atom stereocenters. The van der Waals surface area contributed by atoms with Crippen LogP contribution in [-0.2, 0) is 0 Å². The fourth-order valence-electron chi connectivity index (χ4n) is 6.09. The maximum absolute atomic E-state index is 6.32. The molecule has 4 nitrogen and oxygen atoms in total. The Morgan fingerprint density at radius 3 is 1.93 bits per heavy atom. The normalized spacial score (nSPS) is 11.6. The number of hydrogen-bond acceptors (Lipinski definition) is 5. The van der Waals surface area contributed by atoms with Gasteiger partial charge in [0, 0.05) is 47.6 Å². The fraction of sp³-hybridized carbons (Fsp3) is 0. The van der Waals surface area contributed by atoms with Gasteiger partial charge < -0.3 is 4.42 Å². The van der Waals surface area contributed by atoms with Gasteiger partial charge in [-0.2, -0.15) is 0 Å². The highest BCUT2D eigenvalue weighted by Gasteiger charge is 2.18. The standard InChI is InChI=1S/C39H23N3OS/c1-3-11-24(12-4-1)27-16-10-19-33-35(27)31-23-26(21-22-32(31)43-33)38-40-37(25-13-5-2-6-14-25)41-39(42-38)30-18-9-17-29-28-15-7-8-20-34(28)44-36(29)30/h1-23H. The second-order valence-corrected chi connectivity index (χ2v) is 11.9. The van der Waals surface area contributed by atoms with Crippen LogP contribution in [0.1, 0.15) is 0 Å². The minimum Gasteiger partial charge on any atom is -0.456 e. The summed E-state index contributed by atoms with van der Waals surface area (Å²) in [5.74, 6) is 1.93. The van der Waals surface area contributed by atoms with Crippen LogP contribution in [0.25, 0.3) is 87.4 Å². The lowest BCUT2D eigenvalue weighted by Crippen LogP contribution is -2.00. The number of hydrogen-bond donors (Lipinski definition) is 0.